The Morgan fingerprint density at radius 2 is 1.75 bits per heavy atom. The number of rotatable bonds is 3. The molecule has 1 amide bonds. The monoisotopic (exact) mass is 449 g/mol. The topological polar surface area (TPSA) is 71.3 Å². The molecule has 2 aromatic heterocycles. The van der Waals surface area contributed by atoms with Crippen molar-refractivity contribution in [2.24, 2.45) is 0 Å². The third-order valence-corrected chi connectivity index (χ3v) is 5.37. The summed E-state index contributed by atoms with van der Waals surface area (Å²) in [7, 11) is 0. The SMILES string of the molecule is CCn1nc(C(=O)N2CCN(c3ncc(F)cc3C(F)(F)F)CC2)c2ccccc2c1=O. The Morgan fingerprint density at radius 1 is 1.09 bits per heavy atom. The molecular weight excluding hydrogens is 430 g/mol. The molecular formula is C21H19F4N5O2. The minimum Gasteiger partial charge on any atom is -0.353 e. The van der Waals surface area contributed by atoms with Gasteiger partial charge in [-0.15, -0.1) is 0 Å². The van der Waals surface area contributed by atoms with E-state index in [2.05, 4.69) is 10.1 Å². The van der Waals surface area contributed by atoms with Crippen molar-refractivity contribution in [1.29, 1.82) is 0 Å². The molecule has 1 aliphatic heterocycles. The Labute approximate surface area is 179 Å². The molecule has 1 fully saturated rings. The van der Waals surface area contributed by atoms with E-state index in [1.54, 1.807) is 31.2 Å². The number of nitrogens with zero attached hydrogens (tertiary/aromatic N) is 5. The van der Waals surface area contributed by atoms with Crippen LogP contribution >= 0.6 is 0 Å². The van der Waals surface area contributed by atoms with Gasteiger partial charge in [0.2, 0.25) is 0 Å². The molecule has 0 unspecified atom stereocenters. The summed E-state index contributed by atoms with van der Waals surface area (Å²) in [5, 5.41) is 5.02. The Balaban J connectivity index is 1.60. The fraction of sp³-hybridized carbons (Fsp3) is 0.333. The van der Waals surface area contributed by atoms with E-state index in [0.29, 0.717) is 16.8 Å². The number of pyridine rings is 1. The number of alkyl halides is 3. The smallest absolute Gasteiger partial charge is 0.353 e. The zero-order valence-electron chi connectivity index (χ0n) is 17.1. The molecule has 7 nitrogen and oxygen atoms in total. The fourth-order valence-electron chi connectivity index (χ4n) is 3.77. The van der Waals surface area contributed by atoms with Crippen molar-refractivity contribution in [3.05, 3.63) is 64.0 Å². The maximum absolute atomic E-state index is 13.4. The second-order valence-corrected chi connectivity index (χ2v) is 7.32. The van der Waals surface area contributed by atoms with Crippen LogP contribution in [0.4, 0.5) is 23.4 Å². The van der Waals surface area contributed by atoms with Crippen LogP contribution in [0.1, 0.15) is 23.0 Å². The van der Waals surface area contributed by atoms with Crippen molar-refractivity contribution in [2.45, 2.75) is 19.6 Å². The Bertz CT molecular complexity index is 1230. The van der Waals surface area contributed by atoms with E-state index in [9.17, 15) is 27.2 Å². The van der Waals surface area contributed by atoms with Gasteiger partial charge in [0, 0.05) is 38.1 Å². The fourth-order valence-corrected chi connectivity index (χ4v) is 3.77. The standard InChI is InChI=1S/C21H19F4N5O2/c1-2-30-19(31)15-6-4-3-5-14(15)17(27-30)20(32)29-9-7-28(8-10-29)18-16(21(23,24)25)11-13(22)12-26-18/h3-6,11-12H,2,7-10H2,1H3. The van der Waals surface area contributed by atoms with Crippen LogP contribution in [0, 0.1) is 5.82 Å². The number of fused-ring (bicyclic) bond motifs is 1. The summed E-state index contributed by atoms with van der Waals surface area (Å²) in [6.07, 6.45) is -4.01. The van der Waals surface area contributed by atoms with Crippen LogP contribution in [0.3, 0.4) is 0 Å². The predicted molar refractivity (Wildman–Crippen MR) is 109 cm³/mol. The van der Waals surface area contributed by atoms with E-state index in [1.807, 2.05) is 0 Å². The van der Waals surface area contributed by atoms with Gasteiger partial charge in [0.15, 0.2) is 5.69 Å². The second-order valence-electron chi connectivity index (χ2n) is 7.32. The van der Waals surface area contributed by atoms with Gasteiger partial charge in [0.25, 0.3) is 11.5 Å². The highest BCUT2D eigenvalue weighted by Gasteiger charge is 2.37. The molecule has 3 aromatic rings. The molecule has 1 saturated heterocycles. The maximum atomic E-state index is 13.4. The number of carbonyl (C=O) groups excluding carboxylic acids is 1. The molecule has 4 rings (SSSR count). The number of hydrogen-bond acceptors (Lipinski definition) is 5. The highest BCUT2D eigenvalue weighted by atomic mass is 19.4. The van der Waals surface area contributed by atoms with Gasteiger partial charge in [-0.3, -0.25) is 9.59 Å². The van der Waals surface area contributed by atoms with Crippen molar-refractivity contribution in [3.8, 4) is 0 Å². The van der Waals surface area contributed by atoms with Gasteiger partial charge >= 0.3 is 6.18 Å². The third kappa shape index (κ3) is 3.90. The predicted octanol–water partition coefficient (Wildman–Crippen LogP) is 2.93. The van der Waals surface area contributed by atoms with Crippen molar-refractivity contribution >= 4 is 22.5 Å². The Hall–Kier alpha value is -3.50. The van der Waals surface area contributed by atoms with Crippen LogP contribution in [-0.2, 0) is 12.7 Å². The molecule has 1 aromatic carbocycles. The molecule has 0 saturated carbocycles. The summed E-state index contributed by atoms with van der Waals surface area (Å²) in [5.74, 6) is -1.85. The third-order valence-electron chi connectivity index (χ3n) is 5.37. The first-order valence-electron chi connectivity index (χ1n) is 9.97. The van der Waals surface area contributed by atoms with Crippen LogP contribution in [0.15, 0.2) is 41.3 Å². The summed E-state index contributed by atoms with van der Waals surface area (Å²) in [5.41, 5.74) is -1.34. The molecule has 0 atom stereocenters. The van der Waals surface area contributed by atoms with Crippen molar-refractivity contribution in [3.63, 3.8) is 0 Å². The molecule has 0 spiro atoms. The lowest BCUT2D eigenvalue weighted by Crippen LogP contribution is -2.50. The summed E-state index contributed by atoms with van der Waals surface area (Å²) in [4.78, 5) is 32.2. The maximum Gasteiger partial charge on any atom is 0.420 e. The van der Waals surface area contributed by atoms with Crippen LogP contribution in [0.25, 0.3) is 10.8 Å². The quantitative estimate of drug-likeness (QED) is 0.575. The second kappa shape index (κ2) is 8.21. The average molecular weight is 449 g/mol. The van der Waals surface area contributed by atoms with Gasteiger partial charge in [0.1, 0.15) is 17.2 Å². The summed E-state index contributed by atoms with van der Waals surface area (Å²) in [6, 6.07) is 7.09. The van der Waals surface area contributed by atoms with Gasteiger partial charge in [-0.2, -0.15) is 18.3 Å². The molecule has 3 heterocycles. The minimum absolute atomic E-state index is 0.0821. The number of carbonyl (C=O) groups is 1. The van der Waals surface area contributed by atoms with E-state index in [-0.39, 0.29) is 49.8 Å². The highest BCUT2D eigenvalue weighted by molar-refractivity contribution is 6.04. The number of aromatic nitrogens is 3. The number of hydrogen-bond donors (Lipinski definition) is 0. The van der Waals surface area contributed by atoms with Gasteiger partial charge < -0.3 is 9.80 Å². The molecule has 0 bridgehead atoms. The first kappa shape index (κ1) is 21.7. The number of aryl methyl sites for hydroxylation is 1. The number of benzene rings is 1. The van der Waals surface area contributed by atoms with E-state index in [0.717, 1.165) is 6.20 Å². The summed E-state index contributed by atoms with van der Waals surface area (Å²) >= 11 is 0. The largest absolute Gasteiger partial charge is 0.420 e. The summed E-state index contributed by atoms with van der Waals surface area (Å²) < 4.78 is 54.5. The molecule has 1 aliphatic rings. The zero-order chi connectivity index (χ0) is 23.0. The van der Waals surface area contributed by atoms with E-state index >= 15 is 0 Å². The number of halogens is 4. The van der Waals surface area contributed by atoms with Crippen molar-refractivity contribution < 1.29 is 22.4 Å². The van der Waals surface area contributed by atoms with Crippen LogP contribution in [0.5, 0.6) is 0 Å². The molecule has 32 heavy (non-hydrogen) atoms. The van der Waals surface area contributed by atoms with E-state index in [1.165, 1.54) is 14.5 Å². The van der Waals surface area contributed by atoms with Crippen molar-refractivity contribution in [1.82, 2.24) is 19.7 Å². The number of piperazine rings is 1. The molecule has 0 radical (unpaired) electrons. The lowest BCUT2D eigenvalue weighted by Gasteiger charge is -2.36. The Morgan fingerprint density at radius 3 is 2.38 bits per heavy atom. The van der Waals surface area contributed by atoms with E-state index < -0.39 is 23.5 Å². The lowest BCUT2D eigenvalue weighted by atomic mass is 10.1. The average Bonchev–Trinajstić information content (AvgIpc) is 2.79. The summed E-state index contributed by atoms with van der Waals surface area (Å²) in [6.45, 7) is 2.43. The first-order chi connectivity index (χ1) is 15.2. The van der Waals surface area contributed by atoms with Crippen LogP contribution < -0.4 is 10.5 Å². The molecule has 0 N–H and O–H groups in total. The lowest BCUT2D eigenvalue weighted by molar-refractivity contribution is -0.137. The van der Waals surface area contributed by atoms with Crippen molar-refractivity contribution in [2.75, 3.05) is 31.1 Å². The minimum atomic E-state index is -4.76. The highest BCUT2D eigenvalue weighted by Crippen LogP contribution is 2.36. The van der Waals surface area contributed by atoms with Gasteiger partial charge in [-0.05, 0) is 19.1 Å². The first-order valence-corrected chi connectivity index (χ1v) is 9.97. The van der Waals surface area contributed by atoms with Crippen LogP contribution in [0.2, 0.25) is 0 Å². The molecule has 11 heteroatoms. The van der Waals surface area contributed by atoms with E-state index in [4.69, 9.17) is 0 Å². The molecule has 0 aliphatic carbocycles. The number of amides is 1. The van der Waals surface area contributed by atoms with Crippen LogP contribution in [-0.4, -0.2) is 51.8 Å². The van der Waals surface area contributed by atoms with Gasteiger partial charge in [0.05, 0.1) is 11.6 Å². The Kier molecular flexibility index (Phi) is 5.57. The van der Waals surface area contributed by atoms with Gasteiger partial charge in [-0.25, -0.2) is 14.1 Å². The van der Waals surface area contributed by atoms with Gasteiger partial charge in [-0.1, -0.05) is 18.2 Å². The normalized spacial score (nSPS) is 14.8. The molecule has 168 valence electrons. The number of anilines is 1. The zero-order valence-corrected chi connectivity index (χ0v) is 17.1.